The third-order valence-corrected chi connectivity index (χ3v) is 11.6. The first-order valence-electron chi connectivity index (χ1n) is 17.3. The van der Waals surface area contributed by atoms with Crippen molar-refractivity contribution < 1.29 is 4.42 Å². The third kappa shape index (κ3) is 4.35. The first-order chi connectivity index (χ1) is 25.3. The second-order valence-corrected chi connectivity index (χ2v) is 14.3. The van der Waals surface area contributed by atoms with Crippen LogP contribution in [0, 0.1) is 0 Å². The van der Waals surface area contributed by atoms with Crippen molar-refractivity contribution in [3.63, 3.8) is 0 Å². The molecule has 3 heteroatoms. The van der Waals surface area contributed by atoms with E-state index in [1.165, 1.54) is 63.6 Å². The molecule has 0 amide bonds. The standard InChI is InChI=1S/C48H29NOS/c1-4-14-36-30(10-1)12-9-17-38(36)41-26-27-43(47-42-16-6-8-19-46(42)51-48(41)47)49(34-23-25-40-39-15-5-7-18-44(39)50-45(40)29-34)33-22-24-37-32(28-33)21-20-31-11-2-3-13-35(31)37/h1-29H. The zero-order chi connectivity index (χ0) is 33.5. The summed E-state index contributed by atoms with van der Waals surface area (Å²) in [7, 11) is 0. The summed E-state index contributed by atoms with van der Waals surface area (Å²) in [5.74, 6) is 0. The van der Waals surface area contributed by atoms with Gasteiger partial charge >= 0.3 is 0 Å². The molecule has 0 aliphatic rings. The summed E-state index contributed by atoms with van der Waals surface area (Å²) < 4.78 is 9.03. The molecule has 2 heterocycles. The van der Waals surface area contributed by atoms with Gasteiger partial charge in [0.05, 0.1) is 5.69 Å². The highest BCUT2D eigenvalue weighted by Crippen LogP contribution is 2.50. The Hall–Kier alpha value is -6.42. The van der Waals surface area contributed by atoms with Crippen LogP contribution in [0.2, 0.25) is 0 Å². The maximum Gasteiger partial charge on any atom is 0.137 e. The van der Waals surface area contributed by atoms with Crippen LogP contribution in [0.15, 0.2) is 180 Å². The number of hydrogen-bond donors (Lipinski definition) is 0. The maximum atomic E-state index is 6.47. The number of nitrogens with zero attached hydrogens (tertiary/aromatic N) is 1. The van der Waals surface area contributed by atoms with E-state index in [-0.39, 0.29) is 0 Å². The monoisotopic (exact) mass is 667 g/mol. The summed E-state index contributed by atoms with van der Waals surface area (Å²) in [5.41, 5.74) is 7.58. The van der Waals surface area contributed by atoms with Crippen molar-refractivity contribution in [1.82, 2.24) is 0 Å². The molecule has 2 nitrogen and oxygen atoms in total. The van der Waals surface area contributed by atoms with Crippen LogP contribution in [-0.2, 0) is 0 Å². The van der Waals surface area contributed by atoms with Gasteiger partial charge in [-0.05, 0) is 80.3 Å². The van der Waals surface area contributed by atoms with Gasteiger partial charge in [-0.2, -0.15) is 0 Å². The highest BCUT2D eigenvalue weighted by molar-refractivity contribution is 7.26. The molecule has 0 atom stereocenters. The lowest BCUT2D eigenvalue weighted by molar-refractivity contribution is 0.669. The summed E-state index contributed by atoms with van der Waals surface area (Å²) in [5, 5.41) is 12.3. The minimum atomic E-state index is 0.879. The average molecular weight is 668 g/mol. The minimum absolute atomic E-state index is 0.879. The van der Waals surface area contributed by atoms with Crippen molar-refractivity contribution in [2.75, 3.05) is 4.90 Å². The zero-order valence-electron chi connectivity index (χ0n) is 27.5. The largest absolute Gasteiger partial charge is 0.456 e. The molecule has 0 radical (unpaired) electrons. The highest BCUT2D eigenvalue weighted by Gasteiger charge is 2.23. The molecule has 238 valence electrons. The number of para-hydroxylation sites is 1. The lowest BCUT2D eigenvalue weighted by Gasteiger charge is -2.27. The Bertz CT molecular complexity index is 3160. The quantitative estimate of drug-likeness (QED) is 0.174. The number of fused-ring (bicyclic) bond motifs is 10. The van der Waals surface area contributed by atoms with Crippen LogP contribution in [0.5, 0.6) is 0 Å². The number of anilines is 3. The third-order valence-electron chi connectivity index (χ3n) is 10.4. The van der Waals surface area contributed by atoms with Crippen molar-refractivity contribution in [1.29, 1.82) is 0 Å². The van der Waals surface area contributed by atoms with E-state index in [2.05, 4.69) is 169 Å². The predicted octanol–water partition coefficient (Wildman–Crippen LogP) is 14.6. The van der Waals surface area contributed by atoms with Gasteiger partial charge in [0, 0.05) is 53.9 Å². The van der Waals surface area contributed by atoms with Gasteiger partial charge in [0.2, 0.25) is 0 Å². The van der Waals surface area contributed by atoms with Crippen LogP contribution in [0.4, 0.5) is 17.1 Å². The number of hydrogen-bond acceptors (Lipinski definition) is 3. The highest BCUT2D eigenvalue weighted by atomic mass is 32.1. The first kappa shape index (κ1) is 28.4. The molecule has 0 aliphatic heterocycles. The van der Waals surface area contributed by atoms with Crippen molar-refractivity contribution >= 4 is 103 Å². The van der Waals surface area contributed by atoms with Gasteiger partial charge in [-0.15, -0.1) is 11.3 Å². The Morgan fingerprint density at radius 1 is 0.392 bits per heavy atom. The average Bonchev–Trinajstić information content (AvgIpc) is 3.77. The van der Waals surface area contributed by atoms with Crippen LogP contribution < -0.4 is 4.90 Å². The molecule has 0 spiro atoms. The molecule has 11 aromatic rings. The summed E-state index contributed by atoms with van der Waals surface area (Å²) in [6.45, 7) is 0. The lowest BCUT2D eigenvalue weighted by atomic mass is 9.95. The SMILES string of the molecule is c1ccc2c(-c3ccc(N(c4ccc5c(ccc6ccccc65)c4)c4ccc5c(c4)oc4ccccc45)c4c3sc3ccccc34)cccc2c1. The van der Waals surface area contributed by atoms with Gasteiger partial charge in [-0.1, -0.05) is 127 Å². The first-order valence-corrected chi connectivity index (χ1v) is 18.2. The fourth-order valence-corrected chi connectivity index (χ4v) is 9.34. The Morgan fingerprint density at radius 2 is 1.02 bits per heavy atom. The molecule has 2 aromatic heterocycles. The summed E-state index contributed by atoms with van der Waals surface area (Å²) in [4.78, 5) is 2.43. The van der Waals surface area contributed by atoms with Crippen molar-refractivity contribution in [2.45, 2.75) is 0 Å². The van der Waals surface area contributed by atoms with Crippen LogP contribution in [0.1, 0.15) is 0 Å². The number of thiophene rings is 1. The van der Waals surface area contributed by atoms with E-state index in [1.54, 1.807) is 0 Å². The summed E-state index contributed by atoms with van der Waals surface area (Å²) in [6, 6.07) is 63.8. The second kappa shape index (κ2) is 11.0. The smallest absolute Gasteiger partial charge is 0.137 e. The lowest BCUT2D eigenvalue weighted by Crippen LogP contribution is -2.10. The van der Waals surface area contributed by atoms with E-state index >= 15 is 0 Å². The molecule has 0 unspecified atom stereocenters. The molecule has 0 saturated heterocycles. The van der Waals surface area contributed by atoms with Crippen molar-refractivity contribution in [3.8, 4) is 11.1 Å². The van der Waals surface area contributed by atoms with Crippen LogP contribution >= 0.6 is 11.3 Å². The fourth-order valence-electron chi connectivity index (χ4n) is 8.09. The molecule has 9 aromatic carbocycles. The fraction of sp³-hybridized carbons (Fsp3) is 0. The molecule has 0 N–H and O–H groups in total. The Kier molecular flexibility index (Phi) is 6.16. The Labute approximate surface area is 298 Å². The van der Waals surface area contributed by atoms with E-state index in [0.717, 1.165) is 39.0 Å². The minimum Gasteiger partial charge on any atom is -0.456 e. The maximum absolute atomic E-state index is 6.47. The number of rotatable bonds is 4. The Balaban J connectivity index is 1.22. The van der Waals surface area contributed by atoms with Gasteiger partial charge in [-0.25, -0.2) is 0 Å². The van der Waals surface area contributed by atoms with Crippen molar-refractivity contribution in [2.24, 2.45) is 0 Å². The molecular formula is C48H29NOS. The predicted molar refractivity (Wildman–Crippen MR) is 219 cm³/mol. The zero-order valence-corrected chi connectivity index (χ0v) is 28.3. The van der Waals surface area contributed by atoms with E-state index in [9.17, 15) is 0 Å². The van der Waals surface area contributed by atoms with Gasteiger partial charge in [0.25, 0.3) is 0 Å². The van der Waals surface area contributed by atoms with E-state index in [0.29, 0.717) is 0 Å². The summed E-state index contributed by atoms with van der Waals surface area (Å²) in [6.07, 6.45) is 0. The number of furan rings is 1. The molecule has 0 aliphatic carbocycles. The van der Waals surface area contributed by atoms with E-state index in [1.807, 2.05) is 23.5 Å². The van der Waals surface area contributed by atoms with E-state index < -0.39 is 0 Å². The van der Waals surface area contributed by atoms with Crippen molar-refractivity contribution in [3.05, 3.63) is 176 Å². The van der Waals surface area contributed by atoms with Gasteiger partial charge in [0.1, 0.15) is 11.2 Å². The van der Waals surface area contributed by atoms with Crippen LogP contribution in [-0.4, -0.2) is 0 Å². The number of benzene rings is 9. The molecule has 51 heavy (non-hydrogen) atoms. The molecule has 11 rings (SSSR count). The topological polar surface area (TPSA) is 16.4 Å². The van der Waals surface area contributed by atoms with E-state index in [4.69, 9.17) is 4.42 Å². The van der Waals surface area contributed by atoms with Gasteiger partial charge < -0.3 is 9.32 Å². The second-order valence-electron chi connectivity index (χ2n) is 13.3. The Morgan fingerprint density at radius 3 is 1.90 bits per heavy atom. The normalized spacial score (nSPS) is 11.9. The van der Waals surface area contributed by atoms with Crippen LogP contribution in [0.3, 0.4) is 0 Å². The van der Waals surface area contributed by atoms with Gasteiger partial charge in [0.15, 0.2) is 0 Å². The molecule has 0 saturated carbocycles. The molecule has 0 bridgehead atoms. The summed E-state index contributed by atoms with van der Waals surface area (Å²) >= 11 is 1.88. The molecular weight excluding hydrogens is 639 g/mol. The van der Waals surface area contributed by atoms with Gasteiger partial charge in [-0.3, -0.25) is 0 Å². The van der Waals surface area contributed by atoms with Crippen LogP contribution in [0.25, 0.3) is 85.6 Å². The molecule has 0 fully saturated rings.